The highest BCUT2D eigenvalue weighted by Crippen LogP contribution is 2.33. The summed E-state index contributed by atoms with van der Waals surface area (Å²) in [5.74, 6) is 0.945. The maximum absolute atomic E-state index is 5.22. The third kappa shape index (κ3) is 2.91. The molecular weight excluding hydrogens is 208 g/mol. The van der Waals surface area contributed by atoms with E-state index < -0.39 is 0 Å². The Labute approximate surface area is 104 Å². The van der Waals surface area contributed by atoms with Gasteiger partial charge < -0.3 is 4.74 Å². The van der Waals surface area contributed by atoms with Gasteiger partial charge in [0.2, 0.25) is 0 Å². The van der Waals surface area contributed by atoms with Crippen molar-refractivity contribution < 1.29 is 4.74 Å². The minimum atomic E-state index is 0.945. The highest BCUT2D eigenvalue weighted by atomic mass is 16.5. The van der Waals surface area contributed by atoms with Crippen LogP contribution in [-0.4, -0.2) is 7.11 Å². The summed E-state index contributed by atoms with van der Waals surface area (Å²) in [5, 5.41) is 0. The van der Waals surface area contributed by atoms with Crippen molar-refractivity contribution in [2.45, 2.75) is 45.4 Å². The molecule has 1 aliphatic rings. The van der Waals surface area contributed by atoms with Gasteiger partial charge in [-0.15, -0.1) is 0 Å². The summed E-state index contributed by atoms with van der Waals surface area (Å²) < 4.78 is 5.22. The Morgan fingerprint density at radius 1 is 1.00 bits per heavy atom. The van der Waals surface area contributed by atoms with Crippen LogP contribution in [0.15, 0.2) is 29.8 Å². The summed E-state index contributed by atoms with van der Waals surface area (Å²) in [6.07, 6.45) is 7.81. The van der Waals surface area contributed by atoms with Gasteiger partial charge in [0.05, 0.1) is 7.11 Å². The average Bonchev–Trinajstić information content (AvgIpc) is 2.64. The normalized spacial score (nSPS) is 16.8. The molecule has 0 fully saturated rings. The van der Waals surface area contributed by atoms with Crippen LogP contribution in [0.4, 0.5) is 0 Å². The van der Waals surface area contributed by atoms with Crippen LogP contribution in [0.5, 0.6) is 5.75 Å². The van der Waals surface area contributed by atoms with E-state index in [9.17, 15) is 0 Å². The SMILES string of the molecule is CCC1=C(c2ccc(OC)cc2)CCCCC1. The molecule has 1 nitrogen and oxygen atoms in total. The van der Waals surface area contributed by atoms with Gasteiger partial charge in [0, 0.05) is 0 Å². The zero-order chi connectivity index (χ0) is 12.1. The molecule has 0 bridgehead atoms. The van der Waals surface area contributed by atoms with E-state index in [0.29, 0.717) is 0 Å². The second kappa shape index (κ2) is 5.90. The second-order valence-corrected chi connectivity index (χ2v) is 4.72. The molecule has 0 aliphatic heterocycles. The van der Waals surface area contributed by atoms with Gasteiger partial charge in [-0.2, -0.15) is 0 Å². The van der Waals surface area contributed by atoms with E-state index in [-0.39, 0.29) is 0 Å². The largest absolute Gasteiger partial charge is 0.497 e. The van der Waals surface area contributed by atoms with Crippen LogP contribution in [0.1, 0.15) is 51.0 Å². The van der Waals surface area contributed by atoms with Crippen molar-refractivity contribution in [1.29, 1.82) is 0 Å². The van der Waals surface area contributed by atoms with Gasteiger partial charge >= 0.3 is 0 Å². The van der Waals surface area contributed by atoms with Crippen molar-refractivity contribution in [3.05, 3.63) is 35.4 Å². The van der Waals surface area contributed by atoms with Crippen LogP contribution in [0.25, 0.3) is 5.57 Å². The Bertz CT molecular complexity index is 386. The first-order valence-corrected chi connectivity index (χ1v) is 6.70. The number of allylic oxidation sites excluding steroid dienone is 2. The summed E-state index contributed by atoms with van der Waals surface area (Å²) in [4.78, 5) is 0. The maximum Gasteiger partial charge on any atom is 0.118 e. The van der Waals surface area contributed by atoms with E-state index in [1.54, 1.807) is 18.3 Å². The fraction of sp³-hybridized carbons (Fsp3) is 0.500. The van der Waals surface area contributed by atoms with Gasteiger partial charge in [-0.1, -0.05) is 31.1 Å². The third-order valence-electron chi connectivity index (χ3n) is 3.70. The minimum absolute atomic E-state index is 0.945. The number of hydrogen-bond donors (Lipinski definition) is 0. The second-order valence-electron chi connectivity index (χ2n) is 4.72. The monoisotopic (exact) mass is 230 g/mol. The van der Waals surface area contributed by atoms with Crippen LogP contribution in [-0.2, 0) is 0 Å². The first-order chi connectivity index (χ1) is 8.35. The van der Waals surface area contributed by atoms with Gasteiger partial charge in [-0.05, 0) is 55.4 Å². The zero-order valence-electron chi connectivity index (χ0n) is 11.0. The number of benzene rings is 1. The highest BCUT2D eigenvalue weighted by molar-refractivity contribution is 5.69. The smallest absolute Gasteiger partial charge is 0.118 e. The maximum atomic E-state index is 5.22. The van der Waals surface area contributed by atoms with Crippen molar-refractivity contribution >= 4 is 5.57 Å². The zero-order valence-corrected chi connectivity index (χ0v) is 11.0. The standard InChI is InChI=1S/C16H22O/c1-3-13-7-5-4-6-8-16(13)14-9-11-15(17-2)12-10-14/h9-12H,3-8H2,1-2H3. The molecule has 0 radical (unpaired) electrons. The van der Waals surface area contributed by atoms with Crippen molar-refractivity contribution in [3.8, 4) is 5.75 Å². The molecule has 0 aromatic heterocycles. The molecule has 0 N–H and O–H groups in total. The Balaban J connectivity index is 2.30. The van der Waals surface area contributed by atoms with Gasteiger partial charge in [0.15, 0.2) is 0 Å². The van der Waals surface area contributed by atoms with Crippen molar-refractivity contribution in [1.82, 2.24) is 0 Å². The van der Waals surface area contributed by atoms with E-state index in [4.69, 9.17) is 4.74 Å². The molecule has 0 saturated heterocycles. The summed E-state index contributed by atoms with van der Waals surface area (Å²) in [7, 11) is 1.72. The number of rotatable bonds is 3. The fourth-order valence-electron chi connectivity index (χ4n) is 2.68. The molecule has 1 aliphatic carbocycles. The van der Waals surface area contributed by atoms with Crippen molar-refractivity contribution in [2.24, 2.45) is 0 Å². The predicted molar refractivity (Wildman–Crippen MR) is 73.3 cm³/mol. The summed E-state index contributed by atoms with van der Waals surface area (Å²) in [5.41, 5.74) is 4.64. The molecule has 0 saturated carbocycles. The van der Waals surface area contributed by atoms with Crippen molar-refractivity contribution in [2.75, 3.05) is 7.11 Å². The van der Waals surface area contributed by atoms with Crippen LogP contribution in [0, 0.1) is 0 Å². The molecule has 0 unspecified atom stereocenters. The molecule has 0 heterocycles. The van der Waals surface area contributed by atoms with E-state index in [1.807, 2.05) is 0 Å². The number of methoxy groups -OCH3 is 1. The summed E-state index contributed by atoms with van der Waals surface area (Å²) in [6, 6.07) is 8.55. The molecule has 2 rings (SSSR count). The Hall–Kier alpha value is -1.24. The Kier molecular flexibility index (Phi) is 4.24. The van der Waals surface area contributed by atoms with Crippen LogP contribution in [0.2, 0.25) is 0 Å². The summed E-state index contributed by atoms with van der Waals surface area (Å²) in [6.45, 7) is 2.28. The van der Waals surface area contributed by atoms with Crippen LogP contribution in [0.3, 0.4) is 0 Å². The first-order valence-electron chi connectivity index (χ1n) is 6.70. The molecule has 1 aromatic carbocycles. The summed E-state index contributed by atoms with van der Waals surface area (Å²) >= 11 is 0. The molecule has 0 amide bonds. The number of ether oxygens (including phenoxy) is 1. The van der Waals surface area contributed by atoms with E-state index >= 15 is 0 Å². The molecule has 1 heteroatoms. The van der Waals surface area contributed by atoms with Gasteiger partial charge in [-0.3, -0.25) is 0 Å². The lowest BCUT2D eigenvalue weighted by atomic mass is 9.94. The molecule has 92 valence electrons. The molecule has 17 heavy (non-hydrogen) atoms. The number of hydrogen-bond acceptors (Lipinski definition) is 1. The quantitative estimate of drug-likeness (QED) is 0.723. The molecular formula is C16H22O. The Morgan fingerprint density at radius 3 is 2.35 bits per heavy atom. The highest BCUT2D eigenvalue weighted by Gasteiger charge is 2.11. The molecule has 0 atom stereocenters. The third-order valence-corrected chi connectivity index (χ3v) is 3.70. The van der Waals surface area contributed by atoms with Crippen molar-refractivity contribution in [3.63, 3.8) is 0 Å². The van der Waals surface area contributed by atoms with Crippen LogP contribution < -0.4 is 4.74 Å². The van der Waals surface area contributed by atoms with E-state index in [2.05, 4.69) is 31.2 Å². The van der Waals surface area contributed by atoms with Crippen LogP contribution >= 0.6 is 0 Å². The lowest BCUT2D eigenvalue weighted by Crippen LogP contribution is -1.91. The average molecular weight is 230 g/mol. The minimum Gasteiger partial charge on any atom is -0.497 e. The van der Waals surface area contributed by atoms with Gasteiger partial charge in [-0.25, -0.2) is 0 Å². The Morgan fingerprint density at radius 2 is 1.71 bits per heavy atom. The van der Waals surface area contributed by atoms with E-state index in [1.165, 1.54) is 44.1 Å². The van der Waals surface area contributed by atoms with Gasteiger partial charge in [0.25, 0.3) is 0 Å². The lowest BCUT2D eigenvalue weighted by Gasteiger charge is -2.12. The predicted octanol–water partition coefficient (Wildman–Crippen LogP) is 4.82. The topological polar surface area (TPSA) is 9.23 Å². The molecule has 0 spiro atoms. The fourth-order valence-corrected chi connectivity index (χ4v) is 2.68. The van der Waals surface area contributed by atoms with E-state index in [0.717, 1.165) is 5.75 Å². The van der Waals surface area contributed by atoms with Gasteiger partial charge in [0.1, 0.15) is 5.75 Å². The first kappa shape index (κ1) is 12.2. The lowest BCUT2D eigenvalue weighted by molar-refractivity contribution is 0.415. The molecule has 1 aromatic rings.